The van der Waals surface area contributed by atoms with E-state index < -0.39 is 11.4 Å². The van der Waals surface area contributed by atoms with Crippen LogP contribution < -0.4 is 0 Å². The number of nitrogens with zero attached hydrogens (tertiary/aromatic N) is 1. The second-order valence-corrected chi connectivity index (χ2v) is 4.14. The molecule has 3 nitrogen and oxygen atoms in total. The molecule has 0 spiro atoms. The molecule has 1 rings (SSSR count). The van der Waals surface area contributed by atoms with Gasteiger partial charge in [0.05, 0.1) is 5.41 Å². The van der Waals surface area contributed by atoms with Gasteiger partial charge in [0.2, 0.25) is 0 Å². The monoisotopic (exact) mass is 193 g/mol. The van der Waals surface area contributed by atoms with Gasteiger partial charge in [-0.15, -0.1) is 0 Å². The van der Waals surface area contributed by atoms with Gasteiger partial charge in [0.15, 0.2) is 0 Å². The van der Waals surface area contributed by atoms with Crippen LogP contribution in [-0.2, 0) is 11.2 Å². The minimum Gasteiger partial charge on any atom is -0.481 e. The second-order valence-electron chi connectivity index (χ2n) is 4.14. The van der Waals surface area contributed by atoms with Gasteiger partial charge in [-0.05, 0) is 32.9 Å². The molecule has 0 bridgehead atoms. The van der Waals surface area contributed by atoms with Gasteiger partial charge in [0.1, 0.15) is 0 Å². The van der Waals surface area contributed by atoms with Gasteiger partial charge < -0.3 is 5.11 Å². The number of aryl methyl sites for hydroxylation is 1. The number of carboxylic acid groups (broad SMARTS) is 1. The smallest absolute Gasteiger partial charge is 0.309 e. The Morgan fingerprint density at radius 3 is 2.64 bits per heavy atom. The van der Waals surface area contributed by atoms with Crippen LogP contribution in [0.2, 0.25) is 0 Å². The minimum absolute atomic E-state index is 0.462. The molecule has 0 unspecified atom stereocenters. The molecule has 0 saturated heterocycles. The molecule has 0 aliphatic heterocycles. The van der Waals surface area contributed by atoms with Crippen molar-refractivity contribution in [1.82, 2.24) is 4.98 Å². The van der Waals surface area contributed by atoms with Gasteiger partial charge >= 0.3 is 5.97 Å². The van der Waals surface area contributed by atoms with Crippen LogP contribution in [0.3, 0.4) is 0 Å². The van der Waals surface area contributed by atoms with Crippen LogP contribution in [-0.4, -0.2) is 16.1 Å². The van der Waals surface area contributed by atoms with Gasteiger partial charge in [-0.25, -0.2) is 0 Å². The van der Waals surface area contributed by atoms with Crippen molar-refractivity contribution in [1.29, 1.82) is 0 Å². The summed E-state index contributed by atoms with van der Waals surface area (Å²) in [5.41, 5.74) is 1.00. The molecule has 1 N–H and O–H groups in total. The third kappa shape index (κ3) is 2.55. The Morgan fingerprint density at radius 1 is 1.50 bits per heavy atom. The fourth-order valence-corrected chi connectivity index (χ4v) is 1.23. The molecule has 0 radical (unpaired) electrons. The molecule has 0 saturated carbocycles. The molecule has 0 aromatic carbocycles. The van der Waals surface area contributed by atoms with Gasteiger partial charge in [-0.1, -0.05) is 6.07 Å². The number of hydrogen-bond acceptors (Lipinski definition) is 2. The molecule has 0 aliphatic carbocycles. The summed E-state index contributed by atoms with van der Waals surface area (Å²) in [5, 5.41) is 8.94. The van der Waals surface area contributed by atoms with Crippen LogP contribution >= 0.6 is 0 Å². The maximum absolute atomic E-state index is 10.9. The van der Waals surface area contributed by atoms with Crippen molar-refractivity contribution < 1.29 is 9.90 Å². The van der Waals surface area contributed by atoms with Crippen molar-refractivity contribution in [2.45, 2.75) is 27.2 Å². The first-order chi connectivity index (χ1) is 6.42. The van der Waals surface area contributed by atoms with Crippen molar-refractivity contribution in [2.24, 2.45) is 5.41 Å². The van der Waals surface area contributed by atoms with Crippen LogP contribution in [0.4, 0.5) is 0 Å². The van der Waals surface area contributed by atoms with E-state index in [4.69, 9.17) is 5.11 Å². The summed E-state index contributed by atoms with van der Waals surface area (Å²) < 4.78 is 0. The minimum atomic E-state index is -0.791. The highest BCUT2D eigenvalue weighted by molar-refractivity contribution is 5.73. The first kappa shape index (κ1) is 10.7. The summed E-state index contributed by atoms with van der Waals surface area (Å²) >= 11 is 0. The van der Waals surface area contributed by atoms with Crippen LogP contribution in [0.15, 0.2) is 18.2 Å². The number of rotatable bonds is 3. The van der Waals surface area contributed by atoms with Crippen LogP contribution in [0.1, 0.15) is 25.2 Å². The highest BCUT2D eigenvalue weighted by Gasteiger charge is 2.27. The second kappa shape index (κ2) is 3.78. The zero-order valence-electron chi connectivity index (χ0n) is 8.74. The zero-order chi connectivity index (χ0) is 10.8. The number of hydrogen-bond donors (Lipinski definition) is 1. The van der Waals surface area contributed by atoms with Crippen molar-refractivity contribution in [2.75, 3.05) is 0 Å². The van der Waals surface area contributed by atoms with E-state index in [1.165, 1.54) is 0 Å². The normalized spacial score (nSPS) is 11.4. The maximum atomic E-state index is 10.9. The van der Waals surface area contributed by atoms with Crippen molar-refractivity contribution in [3.05, 3.63) is 29.6 Å². The molecular weight excluding hydrogens is 178 g/mol. The molecule has 14 heavy (non-hydrogen) atoms. The average Bonchev–Trinajstić information content (AvgIpc) is 2.02. The number of carboxylic acids is 1. The molecule has 76 valence electrons. The van der Waals surface area contributed by atoms with Crippen LogP contribution in [0.5, 0.6) is 0 Å². The third-order valence-corrected chi connectivity index (χ3v) is 2.15. The summed E-state index contributed by atoms with van der Waals surface area (Å²) in [6.45, 7) is 5.32. The molecule has 3 heteroatoms. The van der Waals surface area contributed by atoms with E-state index in [0.29, 0.717) is 6.42 Å². The summed E-state index contributed by atoms with van der Waals surface area (Å²) in [6.07, 6.45) is 0.462. The Balaban J connectivity index is 2.83. The third-order valence-electron chi connectivity index (χ3n) is 2.15. The predicted molar refractivity (Wildman–Crippen MR) is 54.1 cm³/mol. The SMILES string of the molecule is Cc1cccc(CC(C)(C)C(=O)O)n1. The lowest BCUT2D eigenvalue weighted by Crippen LogP contribution is -2.26. The average molecular weight is 193 g/mol. The molecule has 0 fully saturated rings. The predicted octanol–water partition coefficient (Wildman–Crippen LogP) is 2.04. The standard InChI is InChI=1S/C11H15NO2/c1-8-5-4-6-9(12-8)7-11(2,3)10(13)14/h4-6H,7H2,1-3H3,(H,13,14). The van der Waals surface area contributed by atoms with E-state index in [1.54, 1.807) is 13.8 Å². The highest BCUT2D eigenvalue weighted by Crippen LogP contribution is 2.20. The van der Waals surface area contributed by atoms with Crippen LogP contribution in [0.25, 0.3) is 0 Å². The zero-order valence-corrected chi connectivity index (χ0v) is 8.74. The summed E-state index contributed by atoms with van der Waals surface area (Å²) in [4.78, 5) is 15.2. The lowest BCUT2D eigenvalue weighted by atomic mass is 9.88. The largest absolute Gasteiger partial charge is 0.481 e. The Morgan fingerprint density at radius 2 is 2.14 bits per heavy atom. The fourth-order valence-electron chi connectivity index (χ4n) is 1.23. The quantitative estimate of drug-likeness (QED) is 0.799. The van der Waals surface area contributed by atoms with E-state index >= 15 is 0 Å². The summed E-state index contributed by atoms with van der Waals surface area (Å²) in [7, 11) is 0. The fraction of sp³-hybridized carbons (Fsp3) is 0.455. The molecule has 1 aromatic rings. The van der Waals surface area contributed by atoms with Gasteiger partial charge in [-0.3, -0.25) is 9.78 Å². The molecule has 1 aromatic heterocycles. The Bertz CT molecular complexity index is 345. The maximum Gasteiger partial charge on any atom is 0.309 e. The van der Waals surface area contributed by atoms with E-state index in [0.717, 1.165) is 11.4 Å². The topological polar surface area (TPSA) is 50.2 Å². The van der Waals surface area contributed by atoms with E-state index in [2.05, 4.69) is 4.98 Å². The Labute approximate surface area is 83.8 Å². The number of aliphatic carboxylic acids is 1. The van der Waals surface area contributed by atoms with Crippen molar-refractivity contribution in [3.8, 4) is 0 Å². The van der Waals surface area contributed by atoms with Crippen molar-refractivity contribution in [3.63, 3.8) is 0 Å². The van der Waals surface area contributed by atoms with E-state index in [1.807, 2.05) is 25.1 Å². The lowest BCUT2D eigenvalue weighted by molar-refractivity contribution is -0.146. The Kier molecular flexibility index (Phi) is 2.89. The van der Waals surface area contributed by atoms with Crippen LogP contribution in [0, 0.1) is 12.3 Å². The first-order valence-electron chi connectivity index (χ1n) is 4.58. The molecule has 0 atom stereocenters. The lowest BCUT2D eigenvalue weighted by Gasteiger charge is -2.18. The van der Waals surface area contributed by atoms with Gasteiger partial charge in [0, 0.05) is 17.8 Å². The Hall–Kier alpha value is -1.38. The van der Waals surface area contributed by atoms with E-state index in [9.17, 15) is 4.79 Å². The van der Waals surface area contributed by atoms with Gasteiger partial charge in [-0.2, -0.15) is 0 Å². The molecule has 1 heterocycles. The van der Waals surface area contributed by atoms with Crippen molar-refractivity contribution >= 4 is 5.97 Å². The summed E-state index contributed by atoms with van der Waals surface area (Å²) in [5.74, 6) is -0.791. The number of aromatic nitrogens is 1. The highest BCUT2D eigenvalue weighted by atomic mass is 16.4. The molecule has 0 amide bonds. The molecule has 0 aliphatic rings. The summed E-state index contributed by atoms with van der Waals surface area (Å²) in [6, 6.07) is 5.66. The first-order valence-corrected chi connectivity index (χ1v) is 4.58. The van der Waals surface area contributed by atoms with E-state index in [-0.39, 0.29) is 0 Å². The molecular formula is C11H15NO2. The van der Waals surface area contributed by atoms with Gasteiger partial charge in [0.25, 0.3) is 0 Å². The number of carbonyl (C=O) groups is 1. The number of pyridine rings is 1.